The van der Waals surface area contributed by atoms with Gasteiger partial charge in [-0.2, -0.15) is 0 Å². The van der Waals surface area contributed by atoms with Crippen molar-refractivity contribution in [1.29, 1.82) is 0 Å². The molecule has 4 nitrogen and oxygen atoms in total. The number of ether oxygens (including phenoxy) is 1. The Hall–Kier alpha value is -1.56. The van der Waals surface area contributed by atoms with Crippen LogP contribution in [-0.2, 0) is 16.4 Å². The molecule has 20 heavy (non-hydrogen) atoms. The van der Waals surface area contributed by atoms with Gasteiger partial charge in [0.1, 0.15) is 11.5 Å². The number of hydrogen-bond acceptors (Lipinski definition) is 4. The molecule has 0 saturated carbocycles. The fourth-order valence-electron chi connectivity index (χ4n) is 1.66. The Morgan fingerprint density at radius 1 is 1.15 bits per heavy atom. The molecule has 0 aliphatic carbocycles. The van der Waals surface area contributed by atoms with Gasteiger partial charge in [0.25, 0.3) is 0 Å². The summed E-state index contributed by atoms with van der Waals surface area (Å²) in [5, 5.41) is 0.518. The van der Waals surface area contributed by atoms with Crippen molar-refractivity contribution < 1.29 is 13.2 Å². The summed E-state index contributed by atoms with van der Waals surface area (Å²) in [5.41, 5.74) is 6.35. The number of hydrogen-bond donors (Lipinski definition) is 1. The van der Waals surface area contributed by atoms with Gasteiger partial charge in [-0.25, -0.2) is 8.42 Å². The first-order chi connectivity index (χ1) is 9.40. The zero-order valence-corrected chi connectivity index (χ0v) is 12.4. The van der Waals surface area contributed by atoms with E-state index in [1.165, 1.54) is 12.1 Å². The molecular formula is C14H14ClNO3S. The third-order valence-electron chi connectivity index (χ3n) is 2.71. The Morgan fingerprint density at radius 3 is 2.45 bits per heavy atom. The summed E-state index contributed by atoms with van der Waals surface area (Å²) < 4.78 is 28.6. The van der Waals surface area contributed by atoms with Crippen molar-refractivity contribution in [3.63, 3.8) is 0 Å². The maximum atomic E-state index is 11.5. The topological polar surface area (TPSA) is 69.4 Å². The summed E-state index contributed by atoms with van der Waals surface area (Å²) in [5.74, 6) is 0.961. The van der Waals surface area contributed by atoms with E-state index < -0.39 is 9.84 Å². The van der Waals surface area contributed by atoms with Crippen LogP contribution < -0.4 is 10.5 Å². The van der Waals surface area contributed by atoms with Gasteiger partial charge in [0, 0.05) is 17.8 Å². The van der Waals surface area contributed by atoms with Gasteiger partial charge in [0.05, 0.1) is 4.90 Å². The molecule has 106 valence electrons. The van der Waals surface area contributed by atoms with Crippen LogP contribution in [-0.4, -0.2) is 14.7 Å². The molecule has 0 saturated heterocycles. The number of rotatable bonds is 4. The molecule has 0 fully saturated rings. The van der Waals surface area contributed by atoms with E-state index in [-0.39, 0.29) is 4.90 Å². The van der Waals surface area contributed by atoms with Gasteiger partial charge in [0.2, 0.25) is 0 Å². The Bertz CT molecular complexity index is 729. The van der Waals surface area contributed by atoms with E-state index >= 15 is 0 Å². The Balaban J connectivity index is 2.29. The molecule has 0 bridgehead atoms. The SMILES string of the molecule is CS(=O)(=O)c1cccc(Oc2ccc(CN)c(Cl)c2)c1. The molecule has 0 radical (unpaired) electrons. The van der Waals surface area contributed by atoms with E-state index in [0.717, 1.165) is 11.8 Å². The van der Waals surface area contributed by atoms with E-state index in [1.807, 2.05) is 0 Å². The minimum absolute atomic E-state index is 0.208. The Morgan fingerprint density at radius 2 is 1.85 bits per heavy atom. The van der Waals surface area contributed by atoms with E-state index in [2.05, 4.69) is 0 Å². The van der Waals surface area contributed by atoms with Crippen LogP contribution in [0.1, 0.15) is 5.56 Å². The summed E-state index contributed by atoms with van der Waals surface area (Å²) in [6, 6.07) is 11.5. The van der Waals surface area contributed by atoms with Gasteiger partial charge in [-0.05, 0) is 35.9 Å². The summed E-state index contributed by atoms with van der Waals surface area (Å²) in [6.45, 7) is 0.350. The van der Waals surface area contributed by atoms with E-state index in [9.17, 15) is 8.42 Å². The smallest absolute Gasteiger partial charge is 0.175 e. The maximum absolute atomic E-state index is 11.5. The van der Waals surface area contributed by atoms with Crippen molar-refractivity contribution in [3.05, 3.63) is 53.1 Å². The molecule has 0 unspecified atom stereocenters. The van der Waals surface area contributed by atoms with Crippen LogP contribution in [0.2, 0.25) is 5.02 Å². The number of nitrogens with two attached hydrogens (primary N) is 1. The van der Waals surface area contributed by atoms with Crippen LogP contribution in [0.3, 0.4) is 0 Å². The number of halogens is 1. The van der Waals surface area contributed by atoms with Gasteiger partial charge in [-0.3, -0.25) is 0 Å². The number of sulfone groups is 1. The molecule has 0 spiro atoms. The van der Waals surface area contributed by atoms with Crippen molar-refractivity contribution in [3.8, 4) is 11.5 Å². The standard InChI is InChI=1S/C14H14ClNO3S/c1-20(17,18)13-4-2-3-11(7-13)19-12-6-5-10(9-16)14(15)8-12/h2-8H,9,16H2,1H3. The van der Waals surface area contributed by atoms with Crippen molar-refractivity contribution in [2.24, 2.45) is 5.73 Å². The molecule has 0 amide bonds. The Labute approximate surface area is 123 Å². The second-order valence-corrected chi connectivity index (χ2v) is 6.73. The lowest BCUT2D eigenvalue weighted by Gasteiger charge is -2.09. The predicted octanol–water partition coefficient (Wildman–Crippen LogP) is 2.99. The predicted molar refractivity (Wildman–Crippen MR) is 79.0 cm³/mol. The monoisotopic (exact) mass is 311 g/mol. The van der Waals surface area contributed by atoms with Crippen molar-refractivity contribution in [1.82, 2.24) is 0 Å². The van der Waals surface area contributed by atoms with Gasteiger partial charge in [0.15, 0.2) is 9.84 Å². The molecule has 6 heteroatoms. The highest BCUT2D eigenvalue weighted by Crippen LogP contribution is 2.27. The summed E-state index contributed by atoms with van der Waals surface area (Å²) >= 11 is 6.04. The van der Waals surface area contributed by atoms with Crippen LogP contribution in [0.5, 0.6) is 11.5 Å². The minimum atomic E-state index is -3.26. The second kappa shape index (κ2) is 5.83. The van der Waals surface area contributed by atoms with E-state index in [0.29, 0.717) is 23.1 Å². The molecule has 2 rings (SSSR count). The van der Waals surface area contributed by atoms with Crippen molar-refractivity contribution in [2.75, 3.05) is 6.26 Å². The second-order valence-electron chi connectivity index (χ2n) is 4.31. The van der Waals surface area contributed by atoms with E-state index in [4.69, 9.17) is 22.1 Å². The van der Waals surface area contributed by atoms with Crippen LogP contribution in [0.25, 0.3) is 0 Å². The summed E-state index contributed by atoms with van der Waals surface area (Å²) in [4.78, 5) is 0.208. The highest BCUT2D eigenvalue weighted by Gasteiger charge is 2.09. The molecule has 0 aliphatic rings. The zero-order valence-electron chi connectivity index (χ0n) is 10.8. The van der Waals surface area contributed by atoms with Gasteiger partial charge >= 0.3 is 0 Å². The van der Waals surface area contributed by atoms with Gasteiger partial charge in [-0.1, -0.05) is 23.7 Å². The summed E-state index contributed by atoms with van der Waals surface area (Å²) in [6.07, 6.45) is 1.15. The molecular weight excluding hydrogens is 298 g/mol. The lowest BCUT2D eigenvalue weighted by Crippen LogP contribution is -1.98. The molecule has 2 aromatic rings. The average Bonchev–Trinajstić information content (AvgIpc) is 2.38. The molecule has 0 aromatic heterocycles. The fraction of sp³-hybridized carbons (Fsp3) is 0.143. The Kier molecular flexibility index (Phi) is 4.32. The molecule has 0 atom stereocenters. The third-order valence-corrected chi connectivity index (χ3v) is 4.18. The summed E-state index contributed by atoms with van der Waals surface area (Å²) in [7, 11) is -3.26. The normalized spacial score (nSPS) is 11.3. The highest BCUT2D eigenvalue weighted by atomic mass is 35.5. The lowest BCUT2D eigenvalue weighted by molar-refractivity contribution is 0.480. The quantitative estimate of drug-likeness (QED) is 0.942. The molecule has 2 aromatic carbocycles. The third kappa shape index (κ3) is 3.50. The fourth-order valence-corrected chi connectivity index (χ4v) is 2.57. The average molecular weight is 312 g/mol. The first-order valence-electron chi connectivity index (χ1n) is 5.86. The van der Waals surface area contributed by atoms with E-state index in [1.54, 1.807) is 30.3 Å². The highest BCUT2D eigenvalue weighted by molar-refractivity contribution is 7.90. The molecule has 0 heterocycles. The minimum Gasteiger partial charge on any atom is -0.457 e. The maximum Gasteiger partial charge on any atom is 0.175 e. The number of benzene rings is 2. The first kappa shape index (κ1) is 14.8. The largest absolute Gasteiger partial charge is 0.457 e. The molecule has 0 aliphatic heterocycles. The van der Waals surface area contributed by atoms with Crippen LogP contribution in [0, 0.1) is 0 Å². The first-order valence-corrected chi connectivity index (χ1v) is 8.13. The van der Waals surface area contributed by atoms with Gasteiger partial charge < -0.3 is 10.5 Å². The van der Waals surface area contributed by atoms with Crippen LogP contribution in [0.4, 0.5) is 0 Å². The van der Waals surface area contributed by atoms with Crippen LogP contribution in [0.15, 0.2) is 47.4 Å². The van der Waals surface area contributed by atoms with Crippen molar-refractivity contribution >= 4 is 21.4 Å². The van der Waals surface area contributed by atoms with Gasteiger partial charge in [-0.15, -0.1) is 0 Å². The zero-order chi connectivity index (χ0) is 14.8. The van der Waals surface area contributed by atoms with Crippen molar-refractivity contribution in [2.45, 2.75) is 11.4 Å². The molecule has 2 N–H and O–H groups in total. The lowest BCUT2D eigenvalue weighted by atomic mass is 10.2. The van der Waals surface area contributed by atoms with Crippen LogP contribution >= 0.6 is 11.6 Å².